The van der Waals surface area contributed by atoms with E-state index in [9.17, 15) is 19.2 Å². The van der Waals surface area contributed by atoms with Crippen molar-refractivity contribution < 1.29 is 23.9 Å². The summed E-state index contributed by atoms with van der Waals surface area (Å²) < 4.78 is 5.13. The Morgan fingerprint density at radius 1 is 1.10 bits per heavy atom. The Morgan fingerprint density at radius 3 is 2.48 bits per heavy atom. The van der Waals surface area contributed by atoms with Crippen LogP contribution < -0.4 is 15.5 Å². The lowest BCUT2D eigenvalue weighted by molar-refractivity contribution is -0.151. The molecule has 162 valence electrons. The Bertz CT molecular complexity index is 1020. The quantitative estimate of drug-likeness (QED) is 0.693. The van der Waals surface area contributed by atoms with Gasteiger partial charge in [0.1, 0.15) is 0 Å². The molecular weight excluding hydrogens is 398 g/mol. The highest BCUT2D eigenvalue weighted by atomic mass is 16.5. The molecule has 0 radical (unpaired) electrons. The molecule has 8 nitrogen and oxygen atoms in total. The first-order valence-electron chi connectivity index (χ1n) is 9.95. The molecule has 0 saturated carbocycles. The Morgan fingerprint density at radius 2 is 1.81 bits per heavy atom. The zero-order valence-electron chi connectivity index (χ0n) is 17.7. The lowest BCUT2D eigenvalue weighted by Crippen LogP contribution is -2.28. The first-order valence-corrected chi connectivity index (χ1v) is 9.95. The molecule has 0 bridgehead atoms. The van der Waals surface area contributed by atoms with Gasteiger partial charge in [-0.15, -0.1) is 0 Å². The fraction of sp³-hybridized carbons (Fsp3) is 0.304. The van der Waals surface area contributed by atoms with E-state index >= 15 is 0 Å². The van der Waals surface area contributed by atoms with Crippen LogP contribution in [0.3, 0.4) is 0 Å². The van der Waals surface area contributed by atoms with Gasteiger partial charge >= 0.3 is 5.97 Å². The minimum atomic E-state index is -0.618. The summed E-state index contributed by atoms with van der Waals surface area (Å²) in [5.74, 6) is -2.07. The van der Waals surface area contributed by atoms with Crippen LogP contribution in [0.5, 0.6) is 0 Å². The van der Waals surface area contributed by atoms with Crippen molar-refractivity contribution >= 4 is 35.1 Å². The Balaban J connectivity index is 1.52. The molecule has 3 amide bonds. The lowest BCUT2D eigenvalue weighted by atomic mass is 10.1. The molecule has 1 aliphatic rings. The van der Waals surface area contributed by atoms with Crippen LogP contribution in [0.25, 0.3) is 0 Å². The van der Waals surface area contributed by atoms with Crippen molar-refractivity contribution in [1.29, 1.82) is 0 Å². The maximum Gasteiger partial charge on any atom is 0.311 e. The number of anilines is 2. The van der Waals surface area contributed by atoms with E-state index in [4.69, 9.17) is 4.74 Å². The molecule has 1 fully saturated rings. The second kappa shape index (κ2) is 9.42. The van der Waals surface area contributed by atoms with Crippen molar-refractivity contribution in [3.05, 3.63) is 59.2 Å². The number of nitrogens with one attached hydrogen (secondary N) is 2. The van der Waals surface area contributed by atoms with Gasteiger partial charge in [0.25, 0.3) is 11.8 Å². The van der Waals surface area contributed by atoms with E-state index in [0.717, 1.165) is 16.8 Å². The molecule has 1 saturated heterocycles. The third kappa shape index (κ3) is 5.09. The average molecular weight is 423 g/mol. The molecule has 2 aromatic carbocycles. The van der Waals surface area contributed by atoms with Gasteiger partial charge in [-0.05, 0) is 55.3 Å². The van der Waals surface area contributed by atoms with Gasteiger partial charge < -0.3 is 20.3 Å². The highest BCUT2D eigenvalue weighted by Crippen LogP contribution is 2.29. The van der Waals surface area contributed by atoms with E-state index in [1.54, 1.807) is 29.2 Å². The van der Waals surface area contributed by atoms with E-state index < -0.39 is 24.4 Å². The van der Waals surface area contributed by atoms with Crippen LogP contribution in [0.2, 0.25) is 0 Å². The third-order valence-electron chi connectivity index (χ3n) is 5.33. The van der Waals surface area contributed by atoms with Crippen LogP contribution in [0, 0.1) is 19.8 Å². The van der Waals surface area contributed by atoms with Crippen LogP contribution in [0.1, 0.15) is 27.9 Å². The van der Waals surface area contributed by atoms with Crippen LogP contribution in [0.4, 0.5) is 11.4 Å². The summed E-state index contributed by atoms with van der Waals surface area (Å²) in [6.07, 6.45) is 0.0504. The monoisotopic (exact) mass is 423 g/mol. The molecule has 0 aliphatic carbocycles. The number of hydrogen-bond acceptors (Lipinski definition) is 5. The molecule has 0 aromatic heterocycles. The van der Waals surface area contributed by atoms with Gasteiger partial charge in [-0.2, -0.15) is 0 Å². The normalized spacial score (nSPS) is 15.5. The largest absolute Gasteiger partial charge is 0.455 e. The zero-order chi connectivity index (χ0) is 22.5. The fourth-order valence-electron chi connectivity index (χ4n) is 3.43. The number of ether oxygens (including phenoxy) is 1. The molecule has 8 heteroatoms. The highest BCUT2D eigenvalue weighted by molar-refractivity contribution is 6.00. The topological polar surface area (TPSA) is 105 Å². The minimum absolute atomic E-state index is 0.0504. The van der Waals surface area contributed by atoms with Crippen molar-refractivity contribution in [1.82, 2.24) is 5.32 Å². The Labute approximate surface area is 180 Å². The fourth-order valence-corrected chi connectivity index (χ4v) is 3.43. The second-order valence-electron chi connectivity index (χ2n) is 7.44. The molecule has 2 aromatic rings. The molecule has 0 spiro atoms. The number of hydrogen-bond donors (Lipinski definition) is 2. The number of amides is 3. The van der Waals surface area contributed by atoms with Gasteiger partial charge in [-0.1, -0.05) is 12.1 Å². The number of esters is 1. The van der Waals surface area contributed by atoms with Crippen molar-refractivity contribution in [3.63, 3.8) is 0 Å². The zero-order valence-corrected chi connectivity index (χ0v) is 17.7. The van der Waals surface area contributed by atoms with Crippen molar-refractivity contribution in [2.75, 3.05) is 30.4 Å². The van der Waals surface area contributed by atoms with Crippen LogP contribution >= 0.6 is 0 Å². The molecule has 1 aliphatic heterocycles. The maximum absolute atomic E-state index is 12.4. The molecule has 31 heavy (non-hydrogen) atoms. The van der Waals surface area contributed by atoms with Crippen LogP contribution in [0.15, 0.2) is 42.5 Å². The molecule has 2 N–H and O–H groups in total. The van der Waals surface area contributed by atoms with Gasteiger partial charge in [0.2, 0.25) is 5.91 Å². The first kappa shape index (κ1) is 22.0. The van der Waals surface area contributed by atoms with Crippen LogP contribution in [-0.4, -0.2) is 43.9 Å². The van der Waals surface area contributed by atoms with Crippen molar-refractivity contribution in [3.8, 4) is 0 Å². The SMILES string of the molecule is CNC(=O)c1ccc(NC(=O)COC(=O)[C@@H]2CC(=O)N(c3cccc(C)c3C)C2)cc1. The first-order chi connectivity index (χ1) is 14.8. The van der Waals surface area contributed by atoms with E-state index in [2.05, 4.69) is 10.6 Å². The van der Waals surface area contributed by atoms with E-state index in [1.807, 2.05) is 32.0 Å². The van der Waals surface area contributed by atoms with E-state index in [-0.39, 0.29) is 24.8 Å². The lowest BCUT2D eigenvalue weighted by Gasteiger charge is -2.20. The third-order valence-corrected chi connectivity index (χ3v) is 5.33. The predicted octanol–water partition coefficient (Wildman–Crippen LogP) is 2.20. The van der Waals surface area contributed by atoms with Crippen molar-refractivity contribution in [2.45, 2.75) is 20.3 Å². The van der Waals surface area contributed by atoms with Gasteiger partial charge in [0, 0.05) is 37.0 Å². The highest BCUT2D eigenvalue weighted by Gasteiger charge is 2.37. The molecule has 0 unspecified atom stereocenters. The van der Waals surface area contributed by atoms with Gasteiger partial charge in [-0.25, -0.2) is 0 Å². The summed E-state index contributed by atoms with van der Waals surface area (Å²) in [7, 11) is 1.53. The minimum Gasteiger partial charge on any atom is -0.455 e. The summed E-state index contributed by atoms with van der Waals surface area (Å²) in [5.41, 5.74) is 3.79. The smallest absolute Gasteiger partial charge is 0.311 e. The van der Waals surface area contributed by atoms with Crippen LogP contribution in [-0.2, 0) is 19.1 Å². The number of carbonyl (C=O) groups is 4. The molecular formula is C23H25N3O5. The van der Waals surface area contributed by atoms with Gasteiger partial charge in [0.15, 0.2) is 6.61 Å². The second-order valence-corrected chi connectivity index (χ2v) is 7.44. The molecule has 1 atom stereocenters. The van der Waals surface area contributed by atoms with E-state index in [0.29, 0.717) is 11.3 Å². The summed E-state index contributed by atoms with van der Waals surface area (Å²) in [6.45, 7) is 3.68. The maximum atomic E-state index is 12.4. The van der Waals surface area contributed by atoms with Gasteiger partial charge in [0.05, 0.1) is 5.92 Å². The van der Waals surface area contributed by atoms with Crippen molar-refractivity contribution in [2.24, 2.45) is 5.92 Å². The Hall–Kier alpha value is -3.68. The predicted molar refractivity (Wildman–Crippen MR) is 116 cm³/mol. The summed E-state index contributed by atoms with van der Waals surface area (Å²) in [5, 5.41) is 5.12. The van der Waals surface area contributed by atoms with E-state index in [1.165, 1.54) is 7.05 Å². The summed E-state index contributed by atoms with van der Waals surface area (Å²) >= 11 is 0. The number of nitrogens with zero attached hydrogens (tertiary/aromatic N) is 1. The summed E-state index contributed by atoms with van der Waals surface area (Å²) in [6, 6.07) is 12.0. The standard InChI is InChI=1S/C23H25N3O5/c1-14-5-4-6-19(15(14)2)26-12-17(11-21(26)28)23(30)31-13-20(27)25-18-9-7-16(8-10-18)22(29)24-3/h4-10,17H,11-13H2,1-3H3,(H,24,29)(H,25,27)/t17-/m1/s1. The number of carbonyl (C=O) groups excluding carboxylic acids is 4. The molecule has 1 heterocycles. The number of aryl methyl sites for hydroxylation is 1. The van der Waals surface area contributed by atoms with Gasteiger partial charge in [-0.3, -0.25) is 19.2 Å². The number of rotatable bonds is 6. The Kier molecular flexibility index (Phi) is 6.69. The average Bonchev–Trinajstić information content (AvgIpc) is 3.15. The summed E-state index contributed by atoms with van der Waals surface area (Å²) in [4.78, 5) is 50.1. The molecule has 3 rings (SSSR count). The number of benzene rings is 2.